The molecule has 0 saturated heterocycles. The first kappa shape index (κ1) is 36.4. The van der Waals surface area contributed by atoms with Gasteiger partial charge in [0.2, 0.25) is 0 Å². The number of hydrogen-bond acceptors (Lipinski definition) is 5. The molecule has 0 aliphatic heterocycles. The zero-order valence-corrected chi connectivity index (χ0v) is 34.3. The highest BCUT2D eigenvalue weighted by atomic mass is 32.1. The number of thiophene rings is 1. The minimum absolute atomic E-state index is 0.819. The van der Waals surface area contributed by atoms with Crippen molar-refractivity contribution in [3.05, 3.63) is 211 Å². The summed E-state index contributed by atoms with van der Waals surface area (Å²) in [6.45, 7) is 3.90. The van der Waals surface area contributed by atoms with Crippen molar-refractivity contribution in [1.82, 2.24) is 4.98 Å². The molecule has 288 valence electrons. The monoisotopic (exact) mass is 798 g/mol. The molecule has 0 atom stereocenters. The van der Waals surface area contributed by atoms with Gasteiger partial charge in [-0.2, -0.15) is 0 Å². The first-order valence-electron chi connectivity index (χ1n) is 20.4. The van der Waals surface area contributed by atoms with Crippen LogP contribution in [-0.2, 0) is 0 Å². The van der Waals surface area contributed by atoms with E-state index in [1.165, 1.54) is 65.3 Å². The van der Waals surface area contributed by atoms with Crippen LogP contribution in [0.5, 0.6) is 0 Å². The molecule has 0 radical (unpaired) electrons. The van der Waals surface area contributed by atoms with Gasteiger partial charge in [-0.1, -0.05) is 133 Å². The van der Waals surface area contributed by atoms with Gasteiger partial charge < -0.3 is 4.90 Å². The van der Waals surface area contributed by atoms with Crippen LogP contribution in [0.3, 0.4) is 0 Å². The molecule has 0 saturated carbocycles. The zero-order chi connectivity index (χ0) is 40.9. The maximum absolute atomic E-state index is 4.77. The van der Waals surface area contributed by atoms with Crippen LogP contribution < -0.4 is 4.90 Å². The van der Waals surface area contributed by atoms with Crippen molar-refractivity contribution >= 4 is 99.8 Å². The second-order valence-corrected chi connectivity index (χ2v) is 16.3. The van der Waals surface area contributed by atoms with E-state index in [2.05, 4.69) is 204 Å². The van der Waals surface area contributed by atoms with E-state index in [4.69, 9.17) is 4.99 Å². The van der Waals surface area contributed by atoms with Crippen LogP contribution in [0.15, 0.2) is 210 Å². The molecule has 11 aromatic rings. The summed E-state index contributed by atoms with van der Waals surface area (Å²) in [6, 6.07) is 70.1. The number of hydrogen-bond donors (Lipinski definition) is 0. The molecule has 0 fully saturated rings. The predicted molar refractivity (Wildman–Crippen MR) is 262 cm³/mol. The van der Waals surface area contributed by atoms with Crippen LogP contribution in [0.4, 0.5) is 22.7 Å². The number of fused-ring (bicyclic) bond motifs is 7. The van der Waals surface area contributed by atoms with Gasteiger partial charge in [-0.25, -0.2) is 4.98 Å². The molecule has 0 aliphatic rings. The van der Waals surface area contributed by atoms with Gasteiger partial charge in [-0.3, -0.25) is 9.98 Å². The molecule has 0 N–H and O–H groups in total. The highest BCUT2D eigenvalue weighted by Crippen LogP contribution is 2.41. The van der Waals surface area contributed by atoms with Crippen LogP contribution in [-0.4, -0.2) is 24.5 Å². The Balaban J connectivity index is 0.964. The third kappa shape index (κ3) is 6.44. The molecule has 5 heteroatoms. The first-order chi connectivity index (χ1) is 30.1. The van der Waals surface area contributed by atoms with Crippen LogP contribution in [0, 0.1) is 0 Å². The zero-order valence-electron chi connectivity index (χ0n) is 33.5. The van der Waals surface area contributed by atoms with E-state index in [0.717, 1.165) is 49.1 Å². The van der Waals surface area contributed by atoms with Gasteiger partial charge >= 0.3 is 0 Å². The largest absolute Gasteiger partial charge is 0.311 e. The van der Waals surface area contributed by atoms with Crippen LogP contribution in [0.2, 0.25) is 0 Å². The summed E-state index contributed by atoms with van der Waals surface area (Å²) >= 11 is 1.59. The minimum Gasteiger partial charge on any atom is -0.311 e. The van der Waals surface area contributed by atoms with E-state index in [-0.39, 0.29) is 0 Å². The summed E-state index contributed by atoms with van der Waals surface area (Å²) in [6.07, 6.45) is 1.81. The number of nitrogens with zero attached hydrogens (tertiary/aromatic N) is 4. The number of aromatic nitrogens is 1. The molecule has 61 heavy (non-hydrogen) atoms. The summed E-state index contributed by atoms with van der Waals surface area (Å²) in [5, 5.41) is 11.1. The van der Waals surface area contributed by atoms with E-state index in [1.54, 1.807) is 11.3 Å². The molecular weight excluding hydrogens is 761 g/mol. The smallest absolute Gasteiger partial charge is 0.126 e. The highest BCUT2D eigenvalue weighted by Gasteiger charge is 2.20. The van der Waals surface area contributed by atoms with Gasteiger partial charge in [0.15, 0.2) is 0 Å². The Labute approximate surface area is 358 Å². The molecule has 4 nitrogen and oxygen atoms in total. The topological polar surface area (TPSA) is 40.9 Å². The van der Waals surface area contributed by atoms with Crippen molar-refractivity contribution in [3.8, 4) is 22.3 Å². The van der Waals surface area contributed by atoms with Gasteiger partial charge in [0.25, 0.3) is 0 Å². The molecule has 0 amide bonds. The summed E-state index contributed by atoms with van der Waals surface area (Å²) in [7, 11) is 1.83. The van der Waals surface area contributed by atoms with E-state index in [9.17, 15) is 0 Å². The van der Waals surface area contributed by atoms with Crippen molar-refractivity contribution in [3.63, 3.8) is 0 Å². The standard InChI is InChI=1S/C56H38N4S/c1-57-53(55-54(58-2)52-12-7-33-59-56(52)61-55)40-21-29-47(30-22-40)60(45-25-17-36(18-26-45)41-23-31-50-43(34-41)15-13-38-8-3-5-10-48(38)50)46-27-19-37(20-28-46)42-24-32-51-44(35-42)16-14-39-9-4-6-11-49(39)51/h3-35H,2H2,1H3. The maximum atomic E-state index is 4.77. The second-order valence-electron chi connectivity index (χ2n) is 15.3. The fourth-order valence-electron chi connectivity index (χ4n) is 8.81. The highest BCUT2D eigenvalue weighted by molar-refractivity contribution is 7.21. The summed E-state index contributed by atoms with van der Waals surface area (Å²) in [5.74, 6) is 0. The second kappa shape index (κ2) is 15.1. The summed E-state index contributed by atoms with van der Waals surface area (Å²) < 4.78 is 0. The first-order valence-corrected chi connectivity index (χ1v) is 21.2. The van der Waals surface area contributed by atoms with Gasteiger partial charge in [-0.05, 0) is 133 Å². The van der Waals surface area contributed by atoms with Crippen molar-refractivity contribution < 1.29 is 0 Å². The average Bonchev–Trinajstić information content (AvgIpc) is 3.70. The van der Waals surface area contributed by atoms with Crippen LogP contribution >= 0.6 is 11.3 Å². The van der Waals surface area contributed by atoms with Crippen molar-refractivity contribution in [1.29, 1.82) is 0 Å². The quantitative estimate of drug-likeness (QED) is 0.113. The molecule has 2 aromatic heterocycles. The number of anilines is 3. The normalized spacial score (nSPS) is 11.9. The van der Waals surface area contributed by atoms with Gasteiger partial charge in [0.05, 0.1) is 16.3 Å². The maximum Gasteiger partial charge on any atom is 0.126 e. The van der Waals surface area contributed by atoms with Crippen LogP contribution in [0.25, 0.3) is 75.6 Å². The summed E-state index contributed by atoms with van der Waals surface area (Å²) in [5.41, 5.74) is 10.6. The number of aliphatic imine (C=N–C) groups is 2. The minimum atomic E-state index is 0.819. The lowest BCUT2D eigenvalue weighted by atomic mass is 9.97. The Hall–Kier alpha value is -7.73. The van der Waals surface area contributed by atoms with Gasteiger partial charge in [0.1, 0.15) is 4.83 Å². The number of pyridine rings is 1. The lowest BCUT2D eigenvalue weighted by molar-refractivity contribution is 1.28. The SMILES string of the molecule is C=Nc1c(C(=NC)c2ccc(N(c3ccc(-c4ccc5c(ccc6ccccc65)c4)cc3)c3ccc(-c4ccc5c(ccc6ccccc65)c4)cc3)cc2)sc2ncccc12. The molecule has 11 rings (SSSR count). The van der Waals surface area contributed by atoms with E-state index >= 15 is 0 Å². The fraction of sp³-hybridized carbons (Fsp3) is 0.0179. The van der Waals surface area contributed by atoms with Crippen molar-refractivity contribution in [2.24, 2.45) is 9.98 Å². The molecule has 0 bridgehead atoms. The molecule has 0 unspecified atom stereocenters. The summed E-state index contributed by atoms with van der Waals surface area (Å²) in [4.78, 5) is 18.0. The van der Waals surface area contributed by atoms with E-state index in [0.29, 0.717) is 0 Å². The molecule has 0 aliphatic carbocycles. The lowest BCUT2D eigenvalue weighted by Gasteiger charge is -2.26. The van der Waals surface area contributed by atoms with Gasteiger partial charge in [-0.15, -0.1) is 11.3 Å². The molecular formula is C56H38N4S. The molecule has 2 heterocycles. The van der Waals surface area contributed by atoms with E-state index in [1.807, 2.05) is 25.4 Å². The van der Waals surface area contributed by atoms with E-state index < -0.39 is 0 Å². The number of rotatable bonds is 8. The average molecular weight is 799 g/mol. The third-order valence-electron chi connectivity index (χ3n) is 11.8. The Bertz CT molecular complexity index is 3330. The molecule has 9 aromatic carbocycles. The van der Waals surface area contributed by atoms with Crippen molar-refractivity contribution in [2.75, 3.05) is 11.9 Å². The molecule has 0 spiro atoms. The van der Waals surface area contributed by atoms with Gasteiger partial charge in [0, 0.05) is 41.3 Å². The Kier molecular flexibility index (Phi) is 9.02. The van der Waals surface area contributed by atoms with Crippen LogP contribution in [0.1, 0.15) is 10.4 Å². The lowest BCUT2D eigenvalue weighted by Crippen LogP contribution is -2.10. The Morgan fingerprint density at radius 2 is 0.934 bits per heavy atom. The third-order valence-corrected chi connectivity index (χ3v) is 13.0. The fourth-order valence-corrected chi connectivity index (χ4v) is 9.96. The number of benzene rings is 9. The predicted octanol–water partition coefficient (Wildman–Crippen LogP) is 15.5. The van der Waals surface area contributed by atoms with Crippen molar-refractivity contribution in [2.45, 2.75) is 0 Å². The Morgan fingerprint density at radius 1 is 0.475 bits per heavy atom. The Morgan fingerprint density at radius 3 is 1.46 bits per heavy atom.